The molecule has 0 saturated heterocycles. The molecule has 0 aliphatic carbocycles. The van der Waals surface area contributed by atoms with E-state index in [2.05, 4.69) is 5.32 Å². The first kappa shape index (κ1) is 12.0. The molecule has 0 radical (unpaired) electrons. The van der Waals surface area contributed by atoms with Crippen LogP contribution < -0.4 is 5.32 Å². The molecule has 3 heteroatoms. The van der Waals surface area contributed by atoms with E-state index in [1.165, 1.54) is 24.4 Å². The molecule has 0 aliphatic rings. The van der Waals surface area contributed by atoms with Crippen LogP contribution in [0.3, 0.4) is 0 Å². The SMILES string of the molecule is O=C(/C=C/Nc1cccc(F)c1)c1ccccc1. The number of carbonyl (C=O) groups excluding carboxylic acids is 1. The molecule has 0 unspecified atom stereocenters. The van der Waals surface area contributed by atoms with Crippen molar-refractivity contribution >= 4 is 11.5 Å². The summed E-state index contributed by atoms with van der Waals surface area (Å²) >= 11 is 0. The zero-order valence-corrected chi connectivity index (χ0v) is 9.64. The number of rotatable bonds is 4. The molecule has 0 heterocycles. The van der Waals surface area contributed by atoms with Gasteiger partial charge in [-0.2, -0.15) is 0 Å². The summed E-state index contributed by atoms with van der Waals surface area (Å²) in [5.74, 6) is -0.415. The monoisotopic (exact) mass is 241 g/mol. The molecule has 0 amide bonds. The lowest BCUT2D eigenvalue weighted by Gasteiger charge is -2.00. The van der Waals surface area contributed by atoms with Gasteiger partial charge < -0.3 is 5.32 Å². The third-order valence-corrected chi connectivity index (χ3v) is 2.37. The van der Waals surface area contributed by atoms with Crippen LogP contribution in [0.25, 0.3) is 0 Å². The Labute approximate surface area is 105 Å². The fourth-order valence-corrected chi connectivity index (χ4v) is 1.49. The Morgan fingerprint density at radius 1 is 1.06 bits per heavy atom. The molecule has 0 bridgehead atoms. The van der Waals surface area contributed by atoms with Crippen LogP contribution in [0.1, 0.15) is 10.4 Å². The van der Waals surface area contributed by atoms with E-state index < -0.39 is 0 Å². The normalized spacial score (nSPS) is 10.5. The third-order valence-electron chi connectivity index (χ3n) is 2.37. The lowest BCUT2D eigenvalue weighted by Crippen LogP contribution is -1.95. The first-order valence-electron chi connectivity index (χ1n) is 5.54. The average molecular weight is 241 g/mol. The van der Waals surface area contributed by atoms with Crippen molar-refractivity contribution in [3.63, 3.8) is 0 Å². The number of hydrogen-bond acceptors (Lipinski definition) is 2. The molecule has 90 valence electrons. The maximum Gasteiger partial charge on any atom is 0.187 e. The highest BCUT2D eigenvalue weighted by atomic mass is 19.1. The van der Waals surface area contributed by atoms with Crippen molar-refractivity contribution in [2.45, 2.75) is 0 Å². The van der Waals surface area contributed by atoms with Gasteiger partial charge in [0.1, 0.15) is 5.82 Å². The molecule has 0 saturated carbocycles. The first-order chi connectivity index (χ1) is 8.75. The summed E-state index contributed by atoms with van der Waals surface area (Å²) in [6, 6.07) is 15.0. The molecule has 2 aromatic rings. The standard InChI is InChI=1S/C15H12FNO/c16-13-7-4-8-14(11-13)17-10-9-15(18)12-5-2-1-3-6-12/h1-11,17H/b10-9+. The second-order valence-electron chi connectivity index (χ2n) is 3.72. The van der Waals surface area contributed by atoms with E-state index in [0.29, 0.717) is 11.3 Å². The number of ketones is 1. The molecule has 2 nitrogen and oxygen atoms in total. The summed E-state index contributed by atoms with van der Waals surface area (Å²) in [4.78, 5) is 11.7. The van der Waals surface area contributed by atoms with Gasteiger partial charge in [0, 0.05) is 23.5 Å². The average Bonchev–Trinajstić information content (AvgIpc) is 2.40. The van der Waals surface area contributed by atoms with Gasteiger partial charge in [0.2, 0.25) is 0 Å². The highest BCUT2D eigenvalue weighted by Gasteiger charge is 1.98. The van der Waals surface area contributed by atoms with Gasteiger partial charge in [-0.05, 0) is 18.2 Å². The van der Waals surface area contributed by atoms with Crippen LogP contribution in [0.5, 0.6) is 0 Å². The van der Waals surface area contributed by atoms with Gasteiger partial charge in [-0.1, -0.05) is 36.4 Å². The van der Waals surface area contributed by atoms with Gasteiger partial charge in [-0.15, -0.1) is 0 Å². The Morgan fingerprint density at radius 2 is 1.83 bits per heavy atom. The number of carbonyl (C=O) groups is 1. The summed E-state index contributed by atoms with van der Waals surface area (Å²) in [6.07, 6.45) is 2.92. The maximum atomic E-state index is 12.9. The Balaban J connectivity index is 1.98. The molecular weight excluding hydrogens is 229 g/mol. The van der Waals surface area contributed by atoms with Gasteiger partial charge in [0.25, 0.3) is 0 Å². The van der Waals surface area contributed by atoms with Crippen molar-refractivity contribution in [2.75, 3.05) is 5.32 Å². The van der Waals surface area contributed by atoms with Crippen LogP contribution in [0, 0.1) is 5.82 Å². The summed E-state index contributed by atoms with van der Waals surface area (Å²) in [5.41, 5.74) is 1.22. The smallest absolute Gasteiger partial charge is 0.187 e. The minimum Gasteiger partial charge on any atom is -0.361 e. The number of hydrogen-bond donors (Lipinski definition) is 1. The van der Waals surface area contributed by atoms with Crippen LogP contribution in [0.4, 0.5) is 10.1 Å². The predicted molar refractivity (Wildman–Crippen MR) is 69.9 cm³/mol. The van der Waals surface area contributed by atoms with Crippen molar-refractivity contribution < 1.29 is 9.18 Å². The van der Waals surface area contributed by atoms with Crippen molar-refractivity contribution in [1.82, 2.24) is 0 Å². The van der Waals surface area contributed by atoms with Crippen LogP contribution in [-0.4, -0.2) is 5.78 Å². The molecule has 0 spiro atoms. The molecular formula is C15H12FNO. The molecule has 0 aliphatic heterocycles. The molecule has 1 N–H and O–H groups in total. The summed E-state index contributed by atoms with van der Waals surface area (Å²) in [7, 11) is 0. The largest absolute Gasteiger partial charge is 0.361 e. The van der Waals surface area contributed by atoms with Crippen LogP contribution in [-0.2, 0) is 0 Å². The summed E-state index contributed by atoms with van der Waals surface area (Å²) in [5, 5.41) is 2.84. The second kappa shape index (κ2) is 5.77. The van der Waals surface area contributed by atoms with Gasteiger partial charge in [0.05, 0.1) is 0 Å². The van der Waals surface area contributed by atoms with Gasteiger partial charge >= 0.3 is 0 Å². The van der Waals surface area contributed by atoms with E-state index in [1.807, 2.05) is 6.07 Å². The molecule has 0 aromatic heterocycles. The molecule has 18 heavy (non-hydrogen) atoms. The van der Waals surface area contributed by atoms with Crippen LogP contribution >= 0.6 is 0 Å². The number of anilines is 1. The summed E-state index contributed by atoms with van der Waals surface area (Å²) in [6.45, 7) is 0. The van der Waals surface area contributed by atoms with Crippen LogP contribution in [0.2, 0.25) is 0 Å². The predicted octanol–water partition coefficient (Wildman–Crippen LogP) is 3.63. The van der Waals surface area contributed by atoms with E-state index in [-0.39, 0.29) is 11.6 Å². The highest BCUT2D eigenvalue weighted by Crippen LogP contribution is 2.09. The number of benzene rings is 2. The van der Waals surface area contributed by atoms with Crippen molar-refractivity contribution in [3.8, 4) is 0 Å². The molecule has 2 aromatic carbocycles. The quantitative estimate of drug-likeness (QED) is 0.654. The Hall–Kier alpha value is -2.42. The molecule has 0 fully saturated rings. The first-order valence-corrected chi connectivity index (χ1v) is 5.54. The zero-order chi connectivity index (χ0) is 12.8. The number of halogens is 1. The molecule has 2 rings (SSSR count). The van der Waals surface area contributed by atoms with E-state index in [1.54, 1.807) is 36.4 Å². The van der Waals surface area contributed by atoms with E-state index in [0.717, 1.165) is 0 Å². The van der Waals surface area contributed by atoms with Crippen LogP contribution in [0.15, 0.2) is 66.9 Å². The Bertz CT molecular complexity index is 564. The minimum atomic E-state index is -0.317. The van der Waals surface area contributed by atoms with E-state index in [4.69, 9.17) is 0 Å². The van der Waals surface area contributed by atoms with E-state index >= 15 is 0 Å². The van der Waals surface area contributed by atoms with Crippen molar-refractivity contribution in [3.05, 3.63) is 78.3 Å². The lowest BCUT2D eigenvalue weighted by atomic mass is 10.1. The minimum absolute atomic E-state index is 0.0977. The number of nitrogens with one attached hydrogen (secondary N) is 1. The molecule has 0 atom stereocenters. The van der Waals surface area contributed by atoms with Crippen molar-refractivity contribution in [2.24, 2.45) is 0 Å². The second-order valence-corrected chi connectivity index (χ2v) is 3.72. The van der Waals surface area contributed by atoms with Gasteiger partial charge in [-0.3, -0.25) is 4.79 Å². The maximum absolute atomic E-state index is 12.9. The fraction of sp³-hybridized carbons (Fsp3) is 0. The lowest BCUT2D eigenvalue weighted by molar-refractivity contribution is 0.104. The Kier molecular flexibility index (Phi) is 3.86. The fourth-order valence-electron chi connectivity index (χ4n) is 1.49. The summed E-state index contributed by atoms with van der Waals surface area (Å²) < 4.78 is 12.9. The van der Waals surface area contributed by atoms with Gasteiger partial charge in [0.15, 0.2) is 5.78 Å². The van der Waals surface area contributed by atoms with Crippen molar-refractivity contribution in [1.29, 1.82) is 0 Å². The highest BCUT2D eigenvalue weighted by molar-refractivity contribution is 6.04. The number of allylic oxidation sites excluding steroid dienone is 1. The zero-order valence-electron chi connectivity index (χ0n) is 9.64. The Morgan fingerprint density at radius 3 is 2.56 bits per heavy atom. The van der Waals surface area contributed by atoms with Gasteiger partial charge in [-0.25, -0.2) is 4.39 Å². The third kappa shape index (κ3) is 3.28. The topological polar surface area (TPSA) is 29.1 Å². The van der Waals surface area contributed by atoms with E-state index in [9.17, 15) is 9.18 Å².